The molecule has 1 fully saturated rings. The molecule has 1 saturated carbocycles. The Hall–Kier alpha value is -0.0400. The van der Waals surface area contributed by atoms with E-state index in [1.807, 2.05) is 0 Å². The van der Waals surface area contributed by atoms with Gasteiger partial charge in [-0.15, -0.1) is 0 Å². The molecular weight excluding hydrogens is 208 g/mol. The van der Waals surface area contributed by atoms with Crippen molar-refractivity contribution in [2.45, 2.75) is 79.2 Å². The minimum absolute atomic E-state index is 0.0692. The Kier molecular flexibility index (Phi) is 5.50. The summed E-state index contributed by atoms with van der Waals surface area (Å²) in [7, 11) is 0. The molecule has 0 aliphatic heterocycles. The van der Waals surface area contributed by atoms with Crippen molar-refractivity contribution >= 4 is 0 Å². The molecule has 1 aliphatic rings. The second-order valence-corrected chi connectivity index (χ2v) is 6.90. The zero-order valence-corrected chi connectivity index (χ0v) is 12.5. The maximum Gasteiger partial charge on any atom is 0.0540 e. The summed E-state index contributed by atoms with van der Waals surface area (Å²) in [4.78, 5) is 0. The van der Waals surface area contributed by atoms with Gasteiger partial charge in [-0.2, -0.15) is 0 Å². The molecule has 0 bridgehead atoms. The van der Waals surface area contributed by atoms with Gasteiger partial charge in [0.25, 0.3) is 0 Å². The summed E-state index contributed by atoms with van der Waals surface area (Å²) in [6, 6.07) is 0. The minimum atomic E-state index is -0.0692. The fourth-order valence-electron chi connectivity index (χ4n) is 3.69. The first kappa shape index (κ1) is 15.0. The maximum absolute atomic E-state index is 9.90. The van der Waals surface area contributed by atoms with Gasteiger partial charge < -0.3 is 5.11 Å². The predicted octanol–water partition coefficient (Wildman–Crippen LogP) is 4.64. The van der Waals surface area contributed by atoms with E-state index in [1.54, 1.807) is 0 Å². The summed E-state index contributed by atoms with van der Waals surface area (Å²) < 4.78 is 0. The number of hydrogen-bond donors (Lipinski definition) is 1. The molecule has 17 heavy (non-hydrogen) atoms. The second-order valence-electron chi connectivity index (χ2n) is 6.90. The molecular formula is C16H32O. The van der Waals surface area contributed by atoms with Crippen LogP contribution in [0.25, 0.3) is 0 Å². The lowest BCUT2D eigenvalue weighted by Crippen LogP contribution is -2.39. The van der Waals surface area contributed by atoms with Gasteiger partial charge in [0.1, 0.15) is 0 Å². The Morgan fingerprint density at radius 2 is 1.82 bits per heavy atom. The van der Waals surface area contributed by atoms with E-state index < -0.39 is 0 Å². The van der Waals surface area contributed by atoms with Crippen LogP contribution in [-0.2, 0) is 0 Å². The largest absolute Gasteiger partial charge is 0.393 e. The Morgan fingerprint density at radius 3 is 2.41 bits per heavy atom. The zero-order valence-electron chi connectivity index (χ0n) is 12.5. The third kappa shape index (κ3) is 3.71. The van der Waals surface area contributed by atoms with Crippen LogP contribution in [0.2, 0.25) is 0 Å². The number of aliphatic hydroxyl groups is 1. The average Bonchev–Trinajstić information content (AvgIpc) is 2.24. The van der Waals surface area contributed by atoms with E-state index in [2.05, 4.69) is 34.6 Å². The SMILES string of the molecule is CCCC(O)CCC1[C@@H](C)CC[C@H](C)C1(C)C. The van der Waals surface area contributed by atoms with Gasteiger partial charge in [0.05, 0.1) is 6.10 Å². The van der Waals surface area contributed by atoms with Crippen LogP contribution in [-0.4, -0.2) is 11.2 Å². The van der Waals surface area contributed by atoms with Crippen LogP contribution in [0.4, 0.5) is 0 Å². The molecule has 0 spiro atoms. The molecule has 0 aromatic rings. The molecule has 0 saturated heterocycles. The lowest BCUT2D eigenvalue weighted by molar-refractivity contribution is 0.0117. The highest BCUT2D eigenvalue weighted by Crippen LogP contribution is 2.49. The zero-order chi connectivity index (χ0) is 13.1. The van der Waals surface area contributed by atoms with E-state index in [9.17, 15) is 5.11 Å². The van der Waals surface area contributed by atoms with Crippen molar-refractivity contribution in [2.24, 2.45) is 23.2 Å². The molecule has 1 N–H and O–H groups in total. The van der Waals surface area contributed by atoms with E-state index >= 15 is 0 Å². The van der Waals surface area contributed by atoms with Gasteiger partial charge in [0, 0.05) is 0 Å². The van der Waals surface area contributed by atoms with E-state index in [0.717, 1.165) is 37.0 Å². The van der Waals surface area contributed by atoms with Crippen molar-refractivity contribution in [1.29, 1.82) is 0 Å². The van der Waals surface area contributed by atoms with Gasteiger partial charge in [-0.05, 0) is 48.9 Å². The Balaban J connectivity index is 2.53. The van der Waals surface area contributed by atoms with Crippen molar-refractivity contribution in [3.8, 4) is 0 Å². The van der Waals surface area contributed by atoms with Crippen LogP contribution in [0.5, 0.6) is 0 Å². The van der Waals surface area contributed by atoms with Crippen LogP contribution in [0.3, 0.4) is 0 Å². The van der Waals surface area contributed by atoms with Crippen molar-refractivity contribution in [2.75, 3.05) is 0 Å². The summed E-state index contributed by atoms with van der Waals surface area (Å²) in [5, 5.41) is 9.90. The molecule has 2 unspecified atom stereocenters. The normalized spacial score (nSPS) is 34.6. The van der Waals surface area contributed by atoms with E-state index in [-0.39, 0.29) is 6.10 Å². The van der Waals surface area contributed by atoms with Crippen molar-refractivity contribution in [3.63, 3.8) is 0 Å². The van der Waals surface area contributed by atoms with Crippen molar-refractivity contribution in [3.05, 3.63) is 0 Å². The topological polar surface area (TPSA) is 20.2 Å². The van der Waals surface area contributed by atoms with Crippen LogP contribution in [0.15, 0.2) is 0 Å². The van der Waals surface area contributed by atoms with Crippen LogP contribution in [0.1, 0.15) is 73.1 Å². The van der Waals surface area contributed by atoms with E-state index in [0.29, 0.717) is 5.41 Å². The van der Waals surface area contributed by atoms with Crippen LogP contribution in [0, 0.1) is 23.2 Å². The molecule has 0 radical (unpaired) electrons. The summed E-state index contributed by atoms with van der Waals surface area (Å²) in [5.74, 6) is 2.44. The first-order valence-electron chi connectivity index (χ1n) is 7.57. The van der Waals surface area contributed by atoms with Crippen LogP contribution < -0.4 is 0 Å². The standard InChI is InChI=1S/C16H32O/c1-6-7-14(17)10-11-15-12(2)8-9-13(3)16(15,4)5/h12-15,17H,6-11H2,1-5H3/t12-,13-,14?,15?/m0/s1. The minimum Gasteiger partial charge on any atom is -0.393 e. The maximum atomic E-state index is 9.90. The fraction of sp³-hybridized carbons (Fsp3) is 1.00. The van der Waals surface area contributed by atoms with E-state index in [1.165, 1.54) is 19.3 Å². The average molecular weight is 240 g/mol. The van der Waals surface area contributed by atoms with Crippen LogP contribution >= 0.6 is 0 Å². The molecule has 1 heteroatoms. The Morgan fingerprint density at radius 1 is 1.18 bits per heavy atom. The molecule has 0 aromatic heterocycles. The molecule has 102 valence electrons. The molecule has 0 aromatic carbocycles. The summed E-state index contributed by atoms with van der Waals surface area (Å²) >= 11 is 0. The third-order valence-corrected chi connectivity index (χ3v) is 5.40. The fourth-order valence-corrected chi connectivity index (χ4v) is 3.69. The highest BCUT2D eigenvalue weighted by Gasteiger charge is 2.41. The molecule has 1 rings (SSSR count). The first-order valence-corrected chi connectivity index (χ1v) is 7.57. The summed E-state index contributed by atoms with van der Waals surface area (Å²) in [6.07, 6.45) is 6.96. The van der Waals surface area contributed by atoms with Gasteiger partial charge >= 0.3 is 0 Å². The highest BCUT2D eigenvalue weighted by molar-refractivity contribution is 4.90. The smallest absolute Gasteiger partial charge is 0.0540 e. The first-order chi connectivity index (χ1) is 7.89. The second kappa shape index (κ2) is 6.22. The quantitative estimate of drug-likeness (QED) is 0.742. The Bertz CT molecular complexity index is 222. The lowest BCUT2D eigenvalue weighted by atomic mass is 9.58. The highest BCUT2D eigenvalue weighted by atomic mass is 16.3. The summed E-state index contributed by atoms with van der Waals surface area (Å²) in [6.45, 7) is 11.8. The number of rotatable bonds is 5. The number of aliphatic hydroxyl groups excluding tert-OH is 1. The van der Waals surface area contributed by atoms with Crippen molar-refractivity contribution < 1.29 is 5.11 Å². The number of hydrogen-bond acceptors (Lipinski definition) is 1. The molecule has 0 heterocycles. The van der Waals surface area contributed by atoms with Gasteiger partial charge in [0.2, 0.25) is 0 Å². The summed E-state index contributed by atoms with van der Waals surface area (Å²) in [5.41, 5.74) is 0.448. The van der Waals surface area contributed by atoms with Gasteiger partial charge in [-0.1, -0.05) is 47.5 Å². The van der Waals surface area contributed by atoms with E-state index in [4.69, 9.17) is 0 Å². The van der Waals surface area contributed by atoms with Gasteiger partial charge in [0.15, 0.2) is 0 Å². The molecule has 1 nitrogen and oxygen atoms in total. The lowest BCUT2D eigenvalue weighted by Gasteiger charge is -2.48. The molecule has 4 atom stereocenters. The molecule has 0 amide bonds. The third-order valence-electron chi connectivity index (χ3n) is 5.40. The molecule has 1 aliphatic carbocycles. The van der Waals surface area contributed by atoms with Crippen molar-refractivity contribution in [1.82, 2.24) is 0 Å². The van der Waals surface area contributed by atoms with Gasteiger partial charge in [-0.3, -0.25) is 0 Å². The van der Waals surface area contributed by atoms with Gasteiger partial charge in [-0.25, -0.2) is 0 Å². The monoisotopic (exact) mass is 240 g/mol. The predicted molar refractivity (Wildman–Crippen MR) is 75.0 cm³/mol. The Labute approximate surface area is 108 Å².